The van der Waals surface area contributed by atoms with Gasteiger partial charge in [-0.05, 0) is 32.1 Å². The van der Waals surface area contributed by atoms with Gasteiger partial charge in [-0.3, -0.25) is 0 Å². The summed E-state index contributed by atoms with van der Waals surface area (Å²) >= 11 is 0. The summed E-state index contributed by atoms with van der Waals surface area (Å²) in [6.07, 6.45) is 11.5. The number of rotatable bonds is 3. The third-order valence-corrected chi connectivity index (χ3v) is 4.66. The second-order valence-electron chi connectivity index (χ2n) is 5.83. The zero-order chi connectivity index (χ0) is 12.5. The Morgan fingerprint density at radius 3 is 2.28 bits per heavy atom. The van der Waals surface area contributed by atoms with E-state index >= 15 is 0 Å². The molecule has 0 saturated carbocycles. The van der Waals surface area contributed by atoms with E-state index in [4.69, 9.17) is 5.73 Å². The third-order valence-electron chi connectivity index (χ3n) is 4.66. The molecule has 0 radical (unpaired) electrons. The van der Waals surface area contributed by atoms with Crippen molar-refractivity contribution in [1.29, 1.82) is 0 Å². The number of unbranched alkanes of at least 4 members (excludes halogenated alkanes) is 1. The van der Waals surface area contributed by atoms with Crippen LogP contribution in [0.2, 0.25) is 0 Å². The topological polar surface area (TPSA) is 29.9 Å². The van der Waals surface area contributed by atoms with Gasteiger partial charge in [0.2, 0.25) is 0 Å². The van der Waals surface area contributed by atoms with E-state index in [-0.39, 0.29) is 0 Å². The van der Waals surface area contributed by atoms with Crippen LogP contribution in [0, 0.1) is 0 Å². The zero-order valence-corrected chi connectivity index (χ0v) is 11.6. The van der Waals surface area contributed by atoms with Crippen LogP contribution in [0.4, 0.5) is 5.69 Å². The highest BCUT2D eigenvalue weighted by molar-refractivity contribution is 5.57. The first-order chi connectivity index (χ1) is 8.83. The normalized spacial score (nSPS) is 17.6. The molecule has 0 atom stereocenters. The number of anilines is 1. The monoisotopic (exact) mass is 245 g/mol. The highest BCUT2D eigenvalue weighted by Gasteiger charge is 2.32. The van der Waals surface area contributed by atoms with E-state index in [2.05, 4.69) is 11.5 Å². The molecule has 1 aromatic rings. The van der Waals surface area contributed by atoms with Crippen molar-refractivity contribution >= 4 is 5.69 Å². The lowest BCUT2D eigenvalue weighted by molar-refractivity contribution is -0.711. The van der Waals surface area contributed by atoms with Crippen LogP contribution in [0.25, 0.3) is 0 Å². The summed E-state index contributed by atoms with van der Waals surface area (Å²) in [4.78, 5) is 0. The molecule has 2 heteroatoms. The molecule has 0 saturated heterocycles. The Labute approximate surface area is 110 Å². The van der Waals surface area contributed by atoms with Crippen LogP contribution >= 0.6 is 0 Å². The molecule has 0 unspecified atom stereocenters. The number of fused-ring (bicyclic) bond motifs is 2. The maximum atomic E-state index is 6.44. The molecule has 2 nitrogen and oxygen atoms in total. The van der Waals surface area contributed by atoms with Gasteiger partial charge in [-0.15, -0.1) is 0 Å². The molecular weight excluding hydrogens is 220 g/mol. The summed E-state index contributed by atoms with van der Waals surface area (Å²) < 4.78 is 2.65. The highest BCUT2D eigenvalue weighted by Crippen LogP contribution is 2.32. The van der Waals surface area contributed by atoms with E-state index in [0.717, 1.165) is 5.69 Å². The molecule has 98 valence electrons. The predicted molar refractivity (Wildman–Crippen MR) is 74.6 cm³/mol. The minimum atomic E-state index is 1.16. The van der Waals surface area contributed by atoms with E-state index in [1.165, 1.54) is 75.5 Å². The molecule has 18 heavy (non-hydrogen) atoms. The van der Waals surface area contributed by atoms with Crippen molar-refractivity contribution < 1.29 is 4.57 Å². The number of hydrogen-bond acceptors (Lipinski definition) is 1. The van der Waals surface area contributed by atoms with Crippen LogP contribution in [0.15, 0.2) is 0 Å². The van der Waals surface area contributed by atoms with Gasteiger partial charge in [0, 0.05) is 30.4 Å². The lowest BCUT2D eigenvalue weighted by Crippen LogP contribution is -2.45. The van der Waals surface area contributed by atoms with Gasteiger partial charge in [0.15, 0.2) is 11.4 Å². The van der Waals surface area contributed by atoms with Crippen molar-refractivity contribution in [3.05, 3.63) is 22.5 Å². The largest absolute Gasteiger partial charge is 0.398 e. The quantitative estimate of drug-likeness (QED) is 0.815. The second-order valence-corrected chi connectivity index (χ2v) is 5.83. The Bertz CT molecular complexity index is 463. The maximum absolute atomic E-state index is 6.44. The molecule has 2 N–H and O–H groups in total. The smallest absolute Gasteiger partial charge is 0.186 e. The van der Waals surface area contributed by atoms with E-state index in [0.29, 0.717) is 0 Å². The van der Waals surface area contributed by atoms with E-state index in [9.17, 15) is 0 Å². The minimum Gasteiger partial charge on any atom is -0.398 e. The first kappa shape index (κ1) is 12.0. The third kappa shape index (κ3) is 1.82. The first-order valence-corrected chi connectivity index (χ1v) is 7.67. The van der Waals surface area contributed by atoms with E-state index < -0.39 is 0 Å². The van der Waals surface area contributed by atoms with Crippen molar-refractivity contribution in [2.75, 3.05) is 5.73 Å². The highest BCUT2D eigenvalue weighted by atomic mass is 15.0. The van der Waals surface area contributed by atoms with Crippen LogP contribution < -0.4 is 10.3 Å². The lowest BCUT2D eigenvalue weighted by atomic mass is 9.91. The summed E-state index contributed by atoms with van der Waals surface area (Å²) in [6.45, 7) is 3.49. The fraction of sp³-hybridized carbons (Fsp3) is 0.688. The summed E-state index contributed by atoms with van der Waals surface area (Å²) in [7, 11) is 0. The number of aromatic nitrogens is 1. The first-order valence-electron chi connectivity index (χ1n) is 7.67. The molecule has 0 fully saturated rings. The number of nitrogen functional groups attached to an aromatic ring is 1. The van der Waals surface area contributed by atoms with Crippen molar-refractivity contribution in [1.82, 2.24) is 0 Å². The molecule has 0 spiro atoms. The van der Waals surface area contributed by atoms with Crippen LogP contribution in [-0.2, 0) is 32.2 Å². The zero-order valence-electron chi connectivity index (χ0n) is 11.6. The molecule has 2 aliphatic carbocycles. The van der Waals surface area contributed by atoms with Gasteiger partial charge < -0.3 is 5.73 Å². The SMILES string of the molecule is CCCC[n+]1c2c(c(N)c3c1CCC3)CCCC2. The standard InChI is InChI=1S/C16H24N2/c1-2-3-11-18-14-9-5-4-7-12(14)16(17)13-8-6-10-15(13)18/h17H,2-11H2,1H3/p+1. The summed E-state index contributed by atoms with van der Waals surface area (Å²) in [6, 6.07) is 0. The van der Waals surface area contributed by atoms with Gasteiger partial charge in [0.05, 0.1) is 5.69 Å². The predicted octanol–water partition coefficient (Wildman–Crippen LogP) is 2.72. The Morgan fingerprint density at radius 2 is 1.56 bits per heavy atom. The van der Waals surface area contributed by atoms with Gasteiger partial charge in [0.25, 0.3) is 0 Å². The van der Waals surface area contributed by atoms with Crippen molar-refractivity contribution in [2.45, 2.75) is 71.3 Å². The van der Waals surface area contributed by atoms with Crippen molar-refractivity contribution in [3.8, 4) is 0 Å². The molecule has 3 rings (SSSR count). The number of hydrogen-bond donors (Lipinski definition) is 1. The Morgan fingerprint density at radius 1 is 0.944 bits per heavy atom. The summed E-state index contributed by atoms with van der Waals surface area (Å²) in [5.41, 5.74) is 13.7. The maximum Gasteiger partial charge on any atom is 0.186 e. The summed E-state index contributed by atoms with van der Waals surface area (Å²) in [5.74, 6) is 0. The number of pyridine rings is 1. The molecule has 0 aromatic carbocycles. The van der Waals surface area contributed by atoms with E-state index in [1.54, 1.807) is 11.4 Å². The second kappa shape index (κ2) is 4.91. The molecular formula is C16H25N2+. The van der Waals surface area contributed by atoms with Gasteiger partial charge in [-0.2, -0.15) is 4.57 Å². The van der Waals surface area contributed by atoms with Crippen molar-refractivity contribution in [2.24, 2.45) is 0 Å². The van der Waals surface area contributed by atoms with Crippen LogP contribution in [0.3, 0.4) is 0 Å². The molecule has 0 amide bonds. The fourth-order valence-electron chi connectivity index (χ4n) is 3.72. The molecule has 1 aromatic heterocycles. The Kier molecular flexibility index (Phi) is 3.27. The molecule has 1 heterocycles. The molecule has 0 aliphatic heterocycles. The Balaban J connectivity index is 2.12. The summed E-state index contributed by atoms with van der Waals surface area (Å²) in [5, 5.41) is 0. The van der Waals surface area contributed by atoms with Crippen LogP contribution in [-0.4, -0.2) is 0 Å². The van der Waals surface area contributed by atoms with Crippen LogP contribution in [0.5, 0.6) is 0 Å². The average molecular weight is 245 g/mol. The Hall–Kier alpha value is -1.05. The van der Waals surface area contributed by atoms with Gasteiger partial charge >= 0.3 is 0 Å². The minimum absolute atomic E-state index is 1.16. The van der Waals surface area contributed by atoms with Gasteiger partial charge in [-0.1, -0.05) is 13.3 Å². The average Bonchev–Trinajstić information content (AvgIpc) is 2.88. The number of nitrogens with zero attached hydrogens (tertiary/aromatic N) is 1. The number of nitrogens with two attached hydrogens (primary N) is 1. The van der Waals surface area contributed by atoms with Gasteiger partial charge in [0.1, 0.15) is 6.54 Å². The fourth-order valence-corrected chi connectivity index (χ4v) is 3.72. The van der Waals surface area contributed by atoms with E-state index in [1.807, 2.05) is 0 Å². The molecule has 0 bridgehead atoms. The molecule has 2 aliphatic rings. The lowest BCUT2D eigenvalue weighted by Gasteiger charge is -2.19. The van der Waals surface area contributed by atoms with Crippen molar-refractivity contribution in [3.63, 3.8) is 0 Å². The van der Waals surface area contributed by atoms with Gasteiger partial charge in [-0.25, -0.2) is 0 Å². The van der Waals surface area contributed by atoms with Crippen LogP contribution in [0.1, 0.15) is 61.5 Å².